The number of hydrogen-bond donors (Lipinski definition) is 0. The fourth-order valence-electron chi connectivity index (χ4n) is 5.16. The summed E-state index contributed by atoms with van der Waals surface area (Å²) in [4.78, 5) is 0. The van der Waals surface area contributed by atoms with Crippen LogP contribution in [0, 0.1) is 0 Å². The first-order chi connectivity index (χ1) is 19.3. The van der Waals surface area contributed by atoms with Crippen molar-refractivity contribution in [2.75, 3.05) is 12.1 Å². The Kier molecular flexibility index (Phi) is 5.70. The summed E-state index contributed by atoms with van der Waals surface area (Å²) in [5.41, 5.74) is 6.79. The number of furan rings is 1. The van der Waals surface area contributed by atoms with Crippen molar-refractivity contribution in [1.82, 2.24) is 9.78 Å². The topological polar surface area (TPSA) is 55.8 Å². The SMILES string of the molecule is COc1ccc(C2=NN(c3ccccc3)[C@H](c3cn(-c4ccccc4)nc3-c3cc4ccccc4o3)C2)cc1. The lowest BCUT2D eigenvalue weighted by molar-refractivity contribution is 0.415. The molecule has 39 heavy (non-hydrogen) atoms. The molecule has 0 amide bonds. The summed E-state index contributed by atoms with van der Waals surface area (Å²) in [6, 6.07) is 38.6. The van der Waals surface area contributed by atoms with Gasteiger partial charge in [0.05, 0.1) is 30.2 Å². The maximum atomic E-state index is 6.34. The van der Waals surface area contributed by atoms with Gasteiger partial charge in [-0.3, -0.25) is 5.01 Å². The Morgan fingerprint density at radius 3 is 2.21 bits per heavy atom. The van der Waals surface area contributed by atoms with Crippen molar-refractivity contribution in [3.05, 3.63) is 133 Å². The Morgan fingerprint density at radius 1 is 0.795 bits per heavy atom. The van der Waals surface area contributed by atoms with E-state index < -0.39 is 0 Å². The van der Waals surface area contributed by atoms with Crippen LogP contribution in [0.15, 0.2) is 131 Å². The van der Waals surface area contributed by atoms with E-state index in [9.17, 15) is 0 Å². The van der Waals surface area contributed by atoms with Crippen molar-refractivity contribution in [1.29, 1.82) is 0 Å². The van der Waals surface area contributed by atoms with Gasteiger partial charge in [0, 0.05) is 23.6 Å². The number of para-hydroxylation sites is 3. The summed E-state index contributed by atoms with van der Waals surface area (Å²) in [7, 11) is 1.68. The normalized spacial score (nSPS) is 15.1. The largest absolute Gasteiger partial charge is 0.497 e. The van der Waals surface area contributed by atoms with Gasteiger partial charge in [-0.1, -0.05) is 54.6 Å². The minimum Gasteiger partial charge on any atom is -0.497 e. The molecule has 6 heteroatoms. The summed E-state index contributed by atoms with van der Waals surface area (Å²) in [6.45, 7) is 0. The second kappa shape index (κ2) is 9.65. The highest BCUT2D eigenvalue weighted by molar-refractivity contribution is 6.03. The van der Waals surface area contributed by atoms with Crippen LogP contribution in [0.25, 0.3) is 28.1 Å². The second-order valence-corrected chi connectivity index (χ2v) is 9.54. The average molecular weight is 511 g/mol. The van der Waals surface area contributed by atoms with Gasteiger partial charge < -0.3 is 9.15 Å². The minimum atomic E-state index is -0.0785. The number of hydrazone groups is 1. The molecule has 0 saturated carbocycles. The average Bonchev–Trinajstić information content (AvgIpc) is 3.74. The van der Waals surface area contributed by atoms with Gasteiger partial charge in [-0.15, -0.1) is 0 Å². The third-order valence-corrected chi connectivity index (χ3v) is 7.14. The zero-order valence-electron chi connectivity index (χ0n) is 21.4. The molecule has 1 atom stereocenters. The number of aromatic nitrogens is 2. The maximum absolute atomic E-state index is 6.34. The molecule has 0 fully saturated rings. The Bertz CT molecular complexity index is 1740. The van der Waals surface area contributed by atoms with Gasteiger partial charge in [0.1, 0.15) is 17.0 Å². The van der Waals surface area contributed by atoms with Gasteiger partial charge in [-0.05, 0) is 66.2 Å². The van der Waals surface area contributed by atoms with Crippen LogP contribution < -0.4 is 9.75 Å². The molecule has 190 valence electrons. The number of hydrogen-bond acceptors (Lipinski definition) is 5. The quantitative estimate of drug-likeness (QED) is 0.231. The van der Waals surface area contributed by atoms with E-state index in [1.54, 1.807) is 7.11 Å². The highest BCUT2D eigenvalue weighted by atomic mass is 16.5. The van der Waals surface area contributed by atoms with Crippen molar-refractivity contribution in [3.8, 4) is 22.9 Å². The molecule has 7 rings (SSSR count). The number of nitrogens with zero attached hydrogens (tertiary/aromatic N) is 4. The molecule has 0 radical (unpaired) electrons. The summed E-state index contributed by atoms with van der Waals surface area (Å²) < 4.78 is 13.6. The third-order valence-electron chi connectivity index (χ3n) is 7.14. The van der Waals surface area contributed by atoms with Gasteiger partial charge in [-0.25, -0.2) is 4.68 Å². The van der Waals surface area contributed by atoms with Crippen LogP contribution in [0.4, 0.5) is 5.69 Å². The molecule has 0 spiro atoms. The first-order valence-electron chi connectivity index (χ1n) is 13.0. The lowest BCUT2D eigenvalue weighted by Gasteiger charge is -2.23. The first-order valence-corrected chi connectivity index (χ1v) is 13.0. The van der Waals surface area contributed by atoms with Crippen molar-refractivity contribution < 1.29 is 9.15 Å². The molecule has 0 aliphatic carbocycles. The molecule has 3 heterocycles. The van der Waals surface area contributed by atoms with E-state index in [1.807, 2.05) is 71.4 Å². The number of fused-ring (bicyclic) bond motifs is 1. The highest BCUT2D eigenvalue weighted by Gasteiger charge is 2.34. The lowest BCUT2D eigenvalue weighted by atomic mass is 9.97. The lowest BCUT2D eigenvalue weighted by Crippen LogP contribution is -2.18. The maximum Gasteiger partial charge on any atom is 0.156 e. The predicted molar refractivity (Wildman–Crippen MR) is 155 cm³/mol. The smallest absolute Gasteiger partial charge is 0.156 e. The Balaban J connectivity index is 1.38. The summed E-state index contributed by atoms with van der Waals surface area (Å²) >= 11 is 0. The van der Waals surface area contributed by atoms with Gasteiger partial charge in [0.15, 0.2) is 5.76 Å². The summed E-state index contributed by atoms with van der Waals surface area (Å²) in [5, 5.41) is 13.4. The van der Waals surface area contributed by atoms with E-state index in [0.717, 1.165) is 62.8 Å². The second-order valence-electron chi connectivity index (χ2n) is 9.54. The number of rotatable bonds is 6. The fourth-order valence-corrected chi connectivity index (χ4v) is 5.16. The van der Waals surface area contributed by atoms with Gasteiger partial charge in [0.2, 0.25) is 0 Å². The molecule has 0 saturated heterocycles. The van der Waals surface area contributed by atoms with Gasteiger partial charge >= 0.3 is 0 Å². The van der Waals surface area contributed by atoms with Crippen LogP contribution in [0.1, 0.15) is 23.6 Å². The minimum absolute atomic E-state index is 0.0785. The van der Waals surface area contributed by atoms with Crippen molar-refractivity contribution in [2.45, 2.75) is 12.5 Å². The van der Waals surface area contributed by atoms with E-state index in [1.165, 1.54) is 0 Å². The van der Waals surface area contributed by atoms with Crippen LogP contribution in [-0.2, 0) is 0 Å². The number of ether oxygens (including phenoxy) is 1. The predicted octanol–water partition coefficient (Wildman–Crippen LogP) is 7.65. The van der Waals surface area contributed by atoms with E-state index in [-0.39, 0.29) is 6.04 Å². The molecule has 2 aromatic heterocycles. The van der Waals surface area contributed by atoms with Gasteiger partial charge in [-0.2, -0.15) is 10.2 Å². The van der Waals surface area contributed by atoms with Gasteiger partial charge in [0.25, 0.3) is 0 Å². The molecule has 0 N–H and O–H groups in total. The molecule has 1 aliphatic heterocycles. The first kappa shape index (κ1) is 23.0. The molecule has 0 unspecified atom stereocenters. The Labute approximate surface area is 226 Å². The van der Waals surface area contributed by atoms with E-state index >= 15 is 0 Å². The van der Waals surface area contributed by atoms with Crippen LogP contribution in [-0.4, -0.2) is 22.6 Å². The number of benzene rings is 4. The molecule has 6 nitrogen and oxygen atoms in total. The zero-order valence-corrected chi connectivity index (χ0v) is 21.4. The molecule has 1 aliphatic rings. The van der Waals surface area contributed by atoms with E-state index in [0.29, 0.717) is 0 Å². The van der Waals surface area contributed by atoms with Crippen molar-refractivity contribution >= 4 is 22.4 Å². The fraction of sp³-hybridized carbons (Fsp3) is 0.0909. The molecule has 0 bridgehead atoms. The van der Waals surface area contributed by atoms with Crippen molar-refractivity contribution in [3.63, 3.8) is 0 Å². The van der Waals surface area contributed by atoms with Crippen LogP contribution in [0.3, 0.4) is 0 Å². The monoisotopic (exact) mass is 510 g/mol. The standard InChI is InChI=1S/C33H26N4O2/c1-38-27-18-16-23(17-19-27)29-21-30(37(34-29)26-13-6-3-7-14-26)28-22-36(25-11-4-2-5-12-25)35-33(28)32-20-24-10-8-9-15-31(24)39-32/h2-20,22,30H,21H2,1H3/t30-/m0/s1. The molecule has 6 aromatic rings. The zero-order chi connectivity index (χ0) is 26.2. The molecular formula is C33H26N4O2. The van der Waals surface area contributed by atoms with E-state index in [4.69, 9.17) is 19.4 Å². The van der Waals surface area contributed by atoms with Crippen molar-refractivity contribution in [2.24, 2.45) is 5.10 Å². The Morgan fingerprint density at radius 2 is 1.49 bits per heavy atom. The highest BCUT2D eigenvalue weighted by Crippen LogP contribution is 2.41. The third kappa shape index (κ3) is 4.26. The van der Waals surface area contributed by atoms with E-state index in [2.05, 4.69) is 59.7 Å². The summed E-state index contributed by atoms with van der Waals surface area (Å²) in [5.74, 6) is 1.57. The number of anilines is 1. The summed E-state index contributed by atoms with van der Waals surface area (Å²) in [6.07, 6.45) is 2.83. The van der Waals surface area contributed by atoms with Crippen LogP contribution in [0.2, 0.25) is 0 Å². The molecular weight excluding hydrogens is 484 g/mol. The molecule has 4 aromatic carbocycles. The van der Waals surface area contributed by atoms with Crippen LogP contribution >= 0.6 is 0 Å². The number of methoxy groups -OCH3 is 1. The van der Waals surface area contributed by atoms with Crippen LogP contribution in [0.5, 0.6) is 5.75 Å². The Hall–Kier alpha value is -5.10.